The van der Waals surface area contributed by atoms with Gasteiger partial charge in [-0.3, -0.25) is 4.79 Å². The number of aliphatic hydroxyl groups is 1. The number of hydrogen-bond acceptors (Lipinski definition) is 7. The first kappa shape index (κ1) is 28.1. The lowest BCUT2D eigenvalue weighted by molar-refractivity contribution is 0.0700. The number of nitrogens with two attached hydrogens (primary N) is 1. The Balaban J connectivity index is 1.25. The summed E-state index contributed by atoms with van der Waals surface area (Å²) in [5, 5.41) is 11.2. The van der Waals surface area contributed by atoms with Crippen LogP contribution in [0.5, 0.6) is 11.5 Å². The van der Waals surface area contributed by atoms with E-state index in [9.17, 15) is 9.90 Å². The number of aliphatic hydroxyl groups excluding tert-OH is 1. The Bertz CT molecular complexity index is 1970. The molecule has 232 valence electrons. The number of piperidine rings is 1. The van der Waals surface area contributed by atoms with E-state index in [1.54, 1.807) is 14.2 Å². The molecule has 0 radical (unpaired) electrons. The zero-order valence-corrected chi connectivity index (χ0v) is 25.9. The van der Waals surface area contributed by atoms with Gasteiger partial charge in [0.2, 0.25) is 0 Å². The largest absolute Gasteiger partial charge is 0.496 e. The van der Waals surface area contributed by atoms with Gasteiger partial charge in [0.15, 0.2) is 5.82 Å². The highest BCUT2D eigenvalue weighted by molar-refractivity contribution is 6.00. The number of likely N-dealkylation sites (tertiary alicyclic amines) is 1. The predicted molar refractivity (Wildman–Crippen MR) is 172 cm³/mol. The lowest BCUT2D eigenvalue weighted by Crippen LogP contribution is -2.41. The minimum absolute atomic E-state index is 0.00980. The van der Waals surface area contributed by atoms with E-state index in [1.165, 1.54) is 12.8 Å². The van der Waals surface area contributed by atoms with Crippen LogP contribution in [0.2, 0.25) is 0 Å². The fraction of sp³-hybridized carbons (Fsp3) is 0.400. The number of pyridine rings is 1. The highest BCUT2D eigenvalue weighted by atomic mass is 16.5. The molecular weight excluding hydrogens is 568 g/mol. The van der Waals surface area contributed by atoms with Gasteiger partial charge < -0.3 is 34.3 Å². The van der Waals surface area contributed by atoms with E-state index in [0.29, 0.717) is 46.5 Å². The van der Waals surface area contributed by atoms with Crippen LogP contribution in [0.15, 0.2) is 48.5 Å². The monoisotopic (exact) mass is 606 g/mol. The third-order valence-electron chi connectivity index (χ3n) is 10.2. The molecule has 8 rings (SSSR count). The molecule has 10 nitrogen and oxygen atoms in total. The molecule has 2 bridgehead atoms. The number of carbonyl (C=O) groups excluding carboxylic acids is 1. The molecular formula is C35H38N6O4. The van der Waals surface area contributed by atoms with E-state index in [-0.39, 0.29) is 24.6 Å². The van der Waals surface area contributed by atoms with E-state index >= 15 is 0 Å². The third-order valence-corrected chi connectivity index (χ3v) is 10.2. The molecule has 3 atom stereocenters. The van der Waals surface area contributed by atoms with Crippen LogP contribution in [0.25, 0.3) is 44.8 Å². The third kappa shape index (κ3) is 4.41. The summed E-state index contributed by atoms with van der Waals surface area (Å²) in [7, 11) is 5.24. The van der Waals surface area contributed by atoms with E-state index in [4.69, 9.17) is 25.2 Å². The van der Waals surface area contributed by atoms with Crippen LogP contribution in [-0.2, 0) is 20.2 Å². The summed E-state index contributed by atoms with van der Waals surface area (Å²) in [4.78, 5) is 26.0. The Hall–Kier alpha value is -4.41. The average Bonchev–Trinajstić information content (AvgIpc) is 3.47. The number of rotatable bonds is 8. The van der Waals surface area contributed by atoms with E-state index in [2.05, 4.69) is 21.3 Å². The lowest BCUT2D eigenvalue weighted by atomic mass is 10.0. The number of hydrogen-bond donors (Lipinski definition) is 2. The highest BCUT2D eigenvalue weighted by Gasteiger charge is 2.47. The molecule has 2 aromatic carbocycles. The van der Waals surface area contributed by atoms with Gasteiger partial charge in [-0.05, 0) is 73.9 Å². The van der Waals surface area contributed by atoms with Crippen molar-refractivity contribution < 1.29 is 19.4 Å². The van der Waals surface area contributed by atoms with E-state index in [0.717, 1.165) is 58.7 Å². The van der Waals surface area contributed by atoms with Crippen molar-refractivity contribution in [3.05, 3.63) is 59.7 Å². The number of carbonyl (C=O) groups is 1. The Labute approximate surface area is 261 Å². The smallest absolute Gasteiger partial charge is 0.254 e. The molecule has 45 heavy (non-hydrogen) atoms. The summed E-state index contributed by atoms with van der Waals surface area (Å²) in [5.74, 6) is 3.00. The number of amides is 1. The first-order valence-corrected chi connectivity index (χ1v) is 15.8. The van der Waals surface area contributed by atoms with Crippen LogP contribution in [0.3, 0.4) is 0 Å². The van der Waals surface area contributed by atoms with Crippen molar-refractivity contribution in [2.24, 2.45) is 24.6 Å². The molecule has 3 aliphatic rings. The van der Waals surface area contributed by atoms with Crippen molar-refractivity contribution in [3.63, 3.8) is 0 Å². The number of fused-ring (bicyclic) bond motifs is 4. The average molecular weight is 607 g/mol. The maximum absolute atomic E-state index is 13.7. The molecule has 3 N–H and O–H groups in total. The topological polar surface area (TPSA) is 121 Å². The zero-order valence-electron chi connectivity index (χ0n) is 25.9. The molecule has 4 heterocycles. The maximum atomic E-state index is 13.7. The number of nitrogens with zero attached hydrogens (tertiary/aromatic N) is 5. The second kappa shape index (κ2) is 10.6. The van der Waals surface area contributed by atoms with Crippen molar-refractivity contribution in [2.75, 3.05) is 20.8 Å². The second-order valence-corrected chi connectivity index (χ2v) is 12.8. The van der Waals surface area contributed by atoms with Crippen molar-refractivity contribution in [2.45, 2.75) is 50.9 Å². The van der Waals surface area contributed by atoms with Crippen LogP contribution in [0.1, 0.15) is 41.6 Å². The highest BCUT2D eigenvalue weighted by Crippen LogP contribution is 2.41. The van der Waals surface area contributed by atoms with Gasteiger partial charge in [0.1, 0.15) is 22.7 Å². The molecule has 3 unspecified atom stereocenters. The molecule has 1 saturated heterocycles. The second-order valence-electron chi connectivity index (χ2n) is 12.8. The molecule has 3 aromatic heterocycles. The first-order chi connectivity index (χ1) is 21.9. The van der Waals surface area contributed by atoms with Crippen molar-refractivity contribution >= 4 is 28.0 Å². The van der Waals surface area contributed by atoms with Gasteiger partial charge in [-0.15, -0.1) is 0 Å². The fourth-order valence-corrected chi connectivity index (χ4v) is 7.63. The van der Waals surface area contributed by atoms with Gasteiger partial charge in [-0.25, -0.2) is 9.97 Å². The number of ether oxygens (including phenoxy) is 2. The van der Waals surface area contributed by atoms with Crippen LogP contribution in [0, 0.1) is 11.8 Å². The van der Waals surface area contributed by atoms with Gasteiger partial charge in [0.25, 0.3) is 5.91 Å². The molecule has 1 aliphatic heterocycles. The molecule has 3 fully saturated rings. The number of aryl methyl sites for hydroxylation is 1. The van der Waals surface area contributed by atoms with Gasteiger partial charge >= 0.3 is 0 Å². The van der Waals surface area contributed by atoms with Crippen LogP contribution in [0.4, 0.5) is 0 Å². The summed E-state index contributed by atoms with van der Waals surface area (Å²) in [6.45, 7) is 1.40. The SMILES string of the molecule is COc1cccc(-c2ccc3cc(-c4nc5cc(C(=O)N6CC7CCC6C7N)cc(OC)c5n4C)n(CC4CC4)c3n2)c1CO. The number of methoxy groups -OCH3 is 2. The van der Waals surface area contributed by atoms with Crippen molar-refractivity contribution in [1.29, 1.82) is 0 Å². The summed E-state index contributed by atoms with van der Waals surface area (Å²) in [6.07, 6.45) is 4.43. The number of aromatic nitrogens is 4. The van der Waals surface area contributed by atoms with Gasteiger partial charge in [0, 0.05) is 54.3 Å². The summed E-state index contributed by atoms with van der Waals surface area (Å²) < 4.78 is 15.7. The minimum Gasteiger partial charge on any atom is -0.496 e. The van der Waals surface area contributed by atoms with Crippen LogP contribution < -0.4 is 15.2 Å². The summed E-state index contributed by atoms with van der Waals surface area (Å²) >= 11 is 0. The normalized spacial score (nSPS) is 20.9. The van der Waals surface area contributed by atoms with Crippen LogP contribution >= 0.6 is 0 Å². The lowest BCUT2D eigenvalue weighted by Gasteiger charge is -2.27. The Morgan fingerprint density at radius 3 is 2.53 bits per heavy atom. The summed E-state index contributed by atoms with van der Waals surface area (Å²) in [5.41, 5.74) is 12.7. The molecule has 2 aliphatic carbocycles. The van der Waals surface area contributed by atoms with Crippen molar-refractivity contribution in [1.82, 2.24) is 24.0 Å². The van der Waals surface area contributed by atoms with Crippen molar-refractivity contribution in [3.8, 4) is 34.3 Å². The predicted octanol–water partition coefficient (Wildman–Crippen LogP) is 4.74. The molecule has 1 amide bonds. The summed E-state index contributed by atoms with van der Waals surface area (Å²) in [6, 6.07) is 15.9. The van der Waals surface area contributed by atoms with E-state index in [1.807, 2.05) is 48.3 Å². The minimum atomic E-state index is -0.147. The van der Waals surface area contributed by atoms with Crippen LogP contribution in [-0.4, -0.2) is 67.9 Å². The quantitative estimate of drug-likeness (QED) is 0.262. The Morgan fingerprint density at radius 1 is 1.02 bits per heavy atom. The Morgan fingerprint density at radius 2 is 1.84 bits per heavy atom. The number of imidazole rings is 1. The maximum Gasteiger partial charge on any atom is 0.254 e. The van der Waals surface area contributed by atoms with Gasteiger partial charge in [0.05, 0.1) is 37.7 Å². The first-order valence-electron chi connectivity index (χ1n) is 15.8. The Kier molecular flexibility index (Phi) is 6.61. The molecule has 10 heteroatoms. The van der Waals surface area contributed by atoms with E-state index < -0.39 is 0 Å². The van der Waals surface area contributed by atoms with Gasteiger partial charge in [-0.2, -0.15) is 0 Å². The molecule has 0 spiro atoms. The number of benzene rings is 2. The fourth-order valence-electron chi connectivity index (χ4n) is 7.63. The standard InChI is InChI=1S/C35H38N6O4/c1-39-32-26(13-22(15-30(32)45-3)35(43)41-17-21-10-12-27(41)31(21)36)38-34(39)28-14-20-9-11-25(37-33(20)40(28)16-19-7-8-19)23-5-4-6-29(44-2)24(23)18-42/h4-6,9,11,13-15,19,21,27,31,42H,7-8,10,12,16-18,36H2,1-3H3. The molecule has 2 saturated carbocycles. The zero-order chi connectivity index (χ0) is 31.0. The van der Waals surface area contributed by atoms with Gasteiger partial charge in [-0.1, -0.05) is 12.1 Å². The molecule has 5 aromatic rings.